The van der Waals surface area contributed by atoms with Crippen LogP contribution in [0.15, 0.2) is 18.2 Å². The van der Waals surface area contributed by atoms with Crippen LogP contribution in [0.4, 0.5) is 0 Å². The minimum Gasteiger partial charge on any atom is -0.352 e. The molecule has 0 aliphatic carbocycles. The van der Waals surface area contributed by atoms with Crippen LogP contribution in [0.1, 0.15) is 67.1 Å². The molecule has 110 valence electrons. The lowest BCUT2D eigenvalue weighted by atomic mass is 9.93. The highest BCUT2D eigenvalue weighted by Gasteiger charge is 2.19. The van der Waals surface area contributed by atoms with Crippen molar-refractivity contribution in [2.24, 2.45) is 0 Å². The molecule has 1 heterocycles. The summed E-state index contributed by atoms with van der Waals surface area (Å²) in [6.07, 6.45) is 5.83. The average molecular weight is 274 g/mol. The van der Waals surface area contributed by atoms with Gasteiger partial charge in [0.2, 0.25) is 0 Å². The second kappa shape index (κ2) is 7.44. The van der Waals surface area contributed by atoms with E-state index in [2.05, 4.69) is 42.7 Å². The van der Waals surface area contributed by atoms with Crippen LogP contribution in [0.3, 0.4) is 0 Å². The molecule has 1 aromatic carbocycles. The fourth-order valence-corrected chi connectivity index (χ4v) is 2.88. The first kappa shape index (κ1) is 15.0. The van der Waals surface area contributed by atoms with Crippen molar-refractivity contribution in [1.29, 1.82) is 0 Å². The second-order valence-electron chi connectivity index (χ2n) is 5.53. The molecule has 1 amide bonds. The molecule has 0 aromatic heterocycles. The maximum atomic E-state index is 11.9. The lowest BCUT2D eigenvalue weighted by Gasteiger charge is -2.22. The number of nitrogens with one attached hydrogen (secondary N) is 2. The maximum absolute atomic E-state index is 11.9. The summed E-state index contributed by atoms with van der Waals surface area (Å²) in [6.45, 7) is 6.09. The lowest BCUT2D eigenvalue weighted by Crippen LogP contribution is -2.32. The zero-order valence-electron chi connectivity index (χ0n) is 12.7. The molecule has 1 unspecified atom stereocenters. The van der Waals surface area contributed by atoms with Gasteiger partial charge in [-0.3, -0.25) is 4.79 Å². The molecule has 0 radical (unpaired) electrons. The molecule has 0 saturated heterocycles. The Bertz CT molecular complexity index is 456. The molecule has 0 fully saturated rings. The van der Waals surface area contributed by atoms with Crippen LogP contribution in [0.5, 0.6) is 0 Å². The number of carbonyl (C=O) groups excluding carboxylic acids is 1. The quantitative estimate of drug-likeness (QED) is 0.750. The van der Waals surface area contributed by atoms with E-state index in [1.807, 2.05) is 0 Å². The number of benzene rings is 1. The molecule has 2 rings (SSSR count). The van der Waals surface area contributed by atoms with E-state index in [1.54, 1.807) is 0 Å². The van der Waals surface area contributed by atoms with Crippen LogP contribution in [-0.4, -0.2) is 19.0 Å². The minimum absolute atomic E-state index is 0.0805. The predicted molar refractivity (Wildman–Crippen MR) is 83.0 cm³/mol. The summed E-state index contributed by atoms with van der Waals surface area (Å²) < 4.78 is 0. The first-order valence-electron chi connectivity index (χ1n) is 7.90. The number of hydrogen-bond donors (Lipinski definition) is 2. The Morgan fingerprint density at radius 3 is 2.90 bits per heavy atom. The fourth-order valence-electron chi connectivity index (χ4n) is 2.88. The molecule has 0 bridgehead atoms. The lowest BCUT2D eigenvalue weighted by molar-refractivity contribution is 0.0946. The van der Waals surface area contributed by atoms with E-state index in [4.69, 9.17) is 0 Å². The molecule has 3 heteroatoms. The van der Waals surface area contributed by atoms with E-state index in [-0.39, 0.29) is 5.91 Å². The van der Waals surface area contributed by atoms with Crippen molar-refractivity contribution in [2.75, 3.05) is 13.1 Å². The second-order valence-corrected chi connectivity index (χ2v) is 5.53. The molecule has 1 aliphatic heterocycles. The Morgan fingerprint density at radius 2 is 2.15 bits per heavy atom. The van der Waals surface area contributed by atoms with Gasteiger partial charge in [0.05, 0.1) is 0 Å². The van der Waals surface area contributed by atoms with Crippen molar-refractivity contribution >= 4 is 5.91 Å². The van der Waals surface area contributed by atoms with Crippen molar-refractivity contribution in [2.45, 2.75) is 52.0 Å². The summed E-state index contributed by atoms with van der Waals surface area (Å²) in [4.78, 5) is 11.9. The molecule has 0 saturated carbocycles. The Hall–Kier alpha value is -1.35. The number of amides is 1. The van der Waals surface area contributed by atoms with Gasteiger partial charge in [-0.1, -0.05) is 45.2 Å². The first-order chi connectivity index (χ1) is 9.76. The zero-order chi connectivity index (χ0) is 14.4. The zero-order valence-corrected chi connectivity index (χ0v) is 12.7. The highest BCUT2D eigenvalue weighted by molar-refractivity contribution is 5.96. The van der Waals surface area contributed by atoms with Crippen LogP contribution in [0.25, 0.3) is 0 Å². The highest BCUT2D eigenvalue weighted by atomic mass is 16.1. The van der Waals surface area contributed by atoms with E-state index in [1.165, 1.54) is 30.4 Å². The Labute approximate surface area is 122 Å². The third-order valence-corrected chi connectivity index (χ3v) is 4.01. The Balaban J connectivity index is 2.15. The summed E-state index contributed by atoms with van der Waals surface area (Å²) in [5.41, 5.74) is 3.30. The van der Waals surface area contributed by atoms with Gasteiger partial charge in [-0.2, -0.15) is 0 Å². The summed E-state index contributed by atoms with van der Waals surface area (Å²) in [6, 6.07) is 6.78. The third-order valence-electron chi connectivity index (χ3n) is 4.01. The summed E-state index contributed by atoms with van der Waals surface area (Å²) >= 11 is 0. The van der Waals surface area contributed by atoms with E-state index in [9.17, 15) is 4.79 Å². The van der Waals surface area contributed by atoms with E-state index < -0.39 is 0 Å². The molecule has 20 heavy (non-hydrogen) atoms. The first-order valence-corrected chi connectivity index (χ1v) is 7.90. The van der Waals surface area contributed by atoms with Crippen molar-refractivity contribution < 1.29 is 4.79 Å². The number of unbranched alkanes of at least 4 members (excludes halogenated alkanes) is 2. The third kappa shape index (κ3) is 3.60. The van der Waals surface area contributed by atoms with Gasteiger partial charge in [0, 0.05) is 18.2 Å². The number of fused-ring (bicyclic) bond motifs is 1. The average Bonchev–Trinajstić information content (AvgIpc) is 2.47. The van der Waals surface area contributed by atoms with Crippen molar-refractivity contribution in [3.63, 3.8) is 0 Å². The normalized spacial score (nSPS) is 15.6. The van der Waals surface area contributed by atoms with Gasteiger partial charge in [-0.25, -0.2) is 0 Å². The van der Waals surface area contributed by atoms with Gasteiger partial charge in [-0.15, -0.1) is 0 Å². The van der Waals surface area contributed by atoms with Crippen LogP contribution in [-0.2, 0) is 6.42 Å². The molecule has 0 spiro atoms. The van der Waals surface area contributed by atoms with Gasteiger partial charge >= 0.3 is 0 Å². The predicted octanol–water partition coefficient (Wildman–Crippen LogP) is 3.20. The smallest absolute Gasteiger partial charge is 0.251 e. The largest absolute Gasteiger partial charge is 0.352 e. The van der Waals surface area contributed by atoms with Crippen molar-refractivity contribution in [3.05, 3.63) is 34.9 Å². The number of carbonyl (C=O) groups is 1. The van der Waals surface area contributed by atoms with Crippen LogP contribution < -0.4 is 10.6 Å². The highest BCUT2D eigenvalue weighted by Crippen LogP contribution is 2.24. The fraction of sp³-hybridized carbons (Fsp3) is 0.588. The minimum atomic E-state index is 0.0805. The topological polar surface area (TPSA) is 41.1 Å². The standard InChI is InChI=1S/C17H26N2O/c1-3-5-6-7-16(18-4-2)14-9-8-13-10-11-19-17(20)15(13)12-14/h8-9,12,16,18H,3-7,10-11H2,1-2H3,(H,19,20). The van der Waals surface area contributed by atoms with Crippen LogP contribution >= 0.6 is 0 Å². The van der Waals surface area contributed by atoms with Crippen molar-refractivity contribution in [1.82, 2.24) is 10.6 Å². The summed E-state index contributed by atoms with van der Waals surface area (Å²) in [5, 5.41) is 6.48. The van der Waals surface area contributed by atoms with Gasteiger partial charge in [0.25, 0.3) is 5.91 Å². The number of rotatable bonds is 7. The SMILES string of the molecule is CCCCCC(NCC)c1ccc2c(c1)C(=O)NCC2. The summed E-state index contributed by atoms with van der Waals surface area (Å²) in [7, 11) is 0. The van der Waals surface area contributed by atoms with Crippen LogP contribution in [0, 0.1) is 0 Å². The summed E-state index contributed by atoms with van der Waals surface area (Å²) in [5.74, 6) is 0.0805. The molecule has 3 nitrogen and oxygen atoms in total. The van der Waals surface area contributed by atoms with E-state index in [0.717, 1.165) is 31.5 Å². The van der Waals surface area contributed by atoms with Crippen molar-refractivity contribution in [3.8, 4) is 0 Å². The Morgan fingerprint density at radius 1 is 1.30 bits per heavy atom. The molecule has 2 N–H and O–H groups in total. The number of hydrogen-bond acceptors (Lipinski definition) is 2. The Kier molecular flexibility index (Phi) is 5.60. The van der Waals surface area contributed by atoms with Gasteiger partial charge < -0.3 is 10.6 Å². The molecular formula is C17H26N2O. The van der Waals surface area contributed by atoms with Crippen LogP contribution in [0.2, 0.25) is 0 Å². The molecule has 1 atom stereocenters. The van der Waals surface area contributed by atoms with Gasteiger partial charge in [-0.05, 0) is 36.6 Å². The van der Waals surface area contributed by atoms with E-state index in [0.29, 0.717) is 6.04 Å². The molecular weight excluding hydrogens is 248 g/mol. The molecule has 1 aromatic rings. The maximum Gasteiger partial charge on any atom is 0.251 e. The monoisotopic (exact) mass is 274 g/mol. The van der Waals surface area contributed by atoms with Gasteiger partial charge in [0.1, 0.15) is 0 Å². The van der Waals surface area contributed by atoms with E-state index >= 15 is 0 Å². The van der Waals surface area contributed by atoms with Gasteiger partial charge in [0.15, 0.2) is 0 Å². The molecule has 1 aliphatic rings.